The second-order valence-corrected chi connectivity index (χ2v) is 7.07. The van der Waals surface area contributed by atoms with Crippen LogP contribution in [0, 0.1) is 23.0 Å². The third-order valence-electron chi connectivity index (χ3n) is 5.35. The lowest BCUT2D eigenvalue weighted by Gasteiger charge is -2.35. The highest BCUT2D eigenvalue weighted by molar-refractivity contribution is 5.95. The number of aliphatic hydroxyl groups excluding tert-OH is 1. The van der Waals surface area contributed by atoms with E-state index in [0.29, 0.717) is 24.5 Å². The summed E-state index contributed by atoms with van der Waals surface area (Å²) < 4.78 is 6.54. The number of ether oxygens (including phenoxy) is 1. The molecular formula is C19H24N4O5. The molecule has 0 aliphatic carbocycles. The van der Waals surface area contributed by atoms with Gasteiger partial charge in [-0.2, -0.15) is 0 Å². The highest BCUT2D eigenvalue weighted by Gasteiger charge is 2.30. The molecule has 0 radical (unpaired) electrons. The van der Waals surface area contributed by atoms with Crippen molar-refractivity contribution in [1.29, 1.82) is 0 Å². The minimum atomic E-state index is -0.725. The Morgan fingerprint density at radius 2 is 2.07 bits per heavy atom. The maximum atomic E-state index is 12.0. The van der Waals surface area contributed by atoms with E-state index in [9.17, 15) is 20.0 Å². The molecular weight excluding hydrogens is 364 g/mol. The zero-order valence-electron chi connectivity index (χ0n) is 16.2. The first kappa shape index (κ1) is 19.8. The number of anilines is 1. The van der Waals surface area contributed by atoms with E-state index in [-0.39, 0.29) is 17.2 Å². The SMILES string of the molecule is COC(=O)c1cc(N2CCC(C(O)c3nccn3C)CC2)cc(C)c1[N+](=O)[O-]. The largest absolute Gasteiger partial charge is 0.465 e. The summed E-state index contributed by atoms with van der Waals surface area (Å²) in [6.07, 6.45) is 4.34. The van der Waals surface area contributed by atoms with Gasteiger partial charge in [0.15, 0.2) is 0 Å². The van der Waals surface area contributed by atoms with Gasteiger partial charge in [-0.05, 0) is 37.8 Å². The van der Waals surface area contributed by atoms with Gasteiger partial charge in [0.25, 0.3) is 5.69 Å². The number of piperidine rings is 1. The molecule has 9 nitrogen and oxygen atoms in total. The molecule has 1 aromatic carbocycles. The molecule has 1 aliphatic heterocycles. The van der Waals surface area contributed by atoms with Gasteiger partial charge in [0.05, 0.1) is 12.0 Å². The quantitative estimate of drug-likeness (QED) is 0.475. The number of hydrogen-bond donors (Lipinski definition) is 1. The first-order chi connectivity index (χ1) is 13.3. The van der Waals surface area contributed by atoms with Crippen molar-refractivity contribution in [2.24, 2.45) is 13.0 Å². The number of esters is 1. The highest BCUT2D eigenvalue weighted by atomic mass is 16.6. The Morgan fingerprint density at radius 3 is 2.61 bits per heavy atom. The van der Waals surface area contributed by atoms with E-state index >= 15 is 0 Å². The number of aromatic nitrogens is 2. The summed E-state index contributed by atoms with van der Waals surface area (Å²) in [7, 11) is 3.06. The van der Waals surface area contributed by atoms with Crippen LogP contribution in [0.1, 0.15) is 40.7 Å². The topological polar surface area (TPSA) is 111 Å². The highest BCUT2D eigenvalue weighted by Crippen LogP contribution is 2.34. The minimum Gasteiger partial charge on any atom is -0.465 e. The van der Waals surface area contributed by atoms with Crippen LogP contribution in [0.25, 0.3) is 0 Å². The van der Waals surface area contributed by atoms with E-state index in [1.54, 1.807) is 19.2 Å². The lowest BCUT2D eigenvalue weighted by molar-refractivity contribution is -0.385. The van der Waals surface area contributed by atoms with Gasteiger partial charge >= 0.3 is 5.97 Å². The van der Waals surface area contributed by atoms with Crippen molar-refractivity contribution >= 4 is 17.3 Å². The number of nitro benzene ring substituents is 1. The predicted octanol–water partition coefficient (Wildman–Crippen LogP) is 2.37. The number of rotatable bonds is 5. The lowest BCUT2D eigenvalue weighted by Crippen LogP contribution is -2.36. The average molecular weight is 388 g/mol. The normalized spacial score (nSPS) is 16.1. The zero-order chi connectivity index (χ0) is 20.4. The Balaban J connectivity index is 1.79. The Hall–Kier alpha value is -2.94. The maximum Gasteiger partial charge on any atom is 0.344 e. The third kappa shape index (κ3) is 3.70. The Labute approximate surface area is 162 Å². The monoisotopic (exact) mass is 388 g/mol. The van der Waals surface area contributed by atoms with Crippen molar-refractivity contribution in [2.45, 2.75) is 25.9 Å². The Kier molecular flexibility index (Phi) is 5.64. The summed E-state index contributed by atoms with van der Waals surface area (Å²) in [5.74, 6) is 0.00548. The van der Waals surface area contributed by atoms with Crippen molar-refractivity contribution in [3.8, 4) is 0 Å². The van der Waals surface area contributed by atoms with Gasteiger partial charge < -0.3 is 19.3 Å². The van der Waals surface area contributed by atoms with Crippen LogP contribution in [-0.4, -0.2) is 45.7 Å². The zero-order valence-corrected chi connectivity index (χ0v) is 16.2. The summed E-state index contributed by atoms with van der Waals surface area (Å²) in [5.41, 5.74) is 0.889. The molecule has 1 unspecified atom stereocenters. The van der Waals surface area contributed by atoms with Gasteiger partial charge in [-0.1, -0.05) is 0 Å². The summed E-state index contributed by atoms with van der Waals surface area (Å²) in [6.45, 7) is 2.96. The van der Waals surface area contributed by atoms with Crippen molar-refractivity contribution < 1.29 is 19.6 Å². The molecule has 0 bridgehead atoms. The van der Waals surface area contributed by atoms with Crippen molar-refractivity contribution in [3.05, 3.63) is 51.6 Å². The molecule has 0 spiro atoms. The predicted molar refractivity (Wildman–Crippen MR) is 102 cm³/mol. The maximum absolute atomic E-state index is 12.0. The first-order valence-electron chi connectivity index (χ1n) is 9.11. The fraction of sp³-hybridized carbons (Fsp3) is 0.474. The number of aryl methyl sites for hydroxylation is 2. The van der Waals surface area contributed by atoms with E-state index < -0.39 is 17.0 Å². The smallest absolute Gasteiger partial charge is 0.344 e. The summed E-state index contributed by atoms with van der Waals surface area (Å²) in [6, 6.07) is 3.24. The molecule has 0 saturated carbocycles. The lowest BCUT2D eigenvalue weighted by atomic mass is 9.90. The number of carbonyl (C=O) groups excluding carboxylic acids is 1. The van der Waals surface area contributed by atoms with Crippen LogP contribution in [0.5, 0.6) is 0 Å². The summed E-state index contributed by atoms with van der Waals surface area (Å²) >= 11 is 0. The van der Waals surface area contributed by atoms with Gasteiger partial charge in [-0.15, -0.1) is 0 Å². The summed E-state index contributed by atoms with van der Waals surface area (Å²) in [5, 5.41) is 22.0. The Bertz CT molecular complexity index is 886. The molecule has 1 fully saturated rings. The molecule has 150 valence electrons. The molecule has 3 rings (SSSR count). The second kappa shape index (κ2) is 7.97. The molecule has 1 aliphatic rings. The van der Waals surface area contributed by atoms with Crippen LogP contribution in [-0.2, 0) is 11.8 Å². The standard InChI is InChI=1S/C19H24N4O5/c1-12-10-14(11-15(19(25)28-3)16(12)23(26)27)22-7-4-13(5-8-22)17(24)18-20-6-9-21(18)2/h6,9-11,13,17,24H,4-5,7-8H2,1-3H3. The van der Waals surface area contributed by atoms with Crippen LogP contribution >= 0.6 is 0 Å². The van der Waals surface area contributed by atoms with Crippen LogP contribution in [0.15, 0.2) is 24.5 Å². The van der Waals surface area contributed by atoms with Crippen molar-refractivity contribution in [1.82, 2.24) is 9.55 Å². The Morgan fingerprint density at radius 1 is 1.39 bits per heavy atom. The van der Waals surface area contributed by atoms with E-state index in [1.807, 2.05) is 17.8 Å². The third-order valence-corrected chi connectivity index (χ3v) is 5.35. The molecule has 2 heterocycles. The van der Waals surface area contributed by atoms with Crippen LogP contribution in [0.4, 0.5) is 11.4 Å². The van der Waals surface area contributed by atoms with Crippen LogP contribution in [0.3, 0.4) is 0 Å². The number of hydrogen-bond acceptors (Lipinski definition) is 7. The van der Waals surface area contributed by atoms with Crippen LogP contribution < -0.4 is 4.90 Å². The number of nitrogens with zero attached hydrogens (tertiary/aromatic N) is 4. The fourth-order valence-corrected chi connectivity index (χ4v) is 3.80. The van der Waals surface area contributed by atoms with Gasteiger partial charge in [-0.3, -0.25) is 10.1 Å². The number of nitro groups is 1. The number of methoxy groups -OCH3 is 1. The van der Waals surface area contributed by atoms with Crippen molar-refractivity contribution in [3.63, 3.8) is 0 Å². The van der Waals surface area contributed by atoms with E-state index in [2.05, 4.69) is 9.88 Å². The van der Waals surface area contributed by atoms with E-state index in [4.69, 9.17) is 4.74 Å². The van der Waals surface area contributed by atoms with Crippen LogP contribution in [0.2, 0.25) is 0 Å². The number of carbonyl (C=O) groups is 1. The van der Waals surface area contributed by atoms with Gasteiger partial charge in [0.1, 0.15) is 17.5 Å². The minimum absolute atomic E-state index is 0.0438. The van der Waals surface area contributed by atoms with E-state index in [1.165, 1.54) is 13.2 Å². The van der Waals surface area contributed by atoms with Gasteiger partial charge in [-0.25, -0.2) is 9.78 Å². The second-order valence-electron chi connectivity index (χ2n) is 7.07. The van der Waals surface area contributed by atoms with Gasteiger partial charge in [0, 0.05) is 43.8 Å². The van der Waals surface area contributed by atoms with E-state index in [0.717, 1.165) is 18.5 Å². The molecule has 2 aromatic rings. The fourth-order valence-electron chi connectivity index (χ4n) is 3.80. The molecule has 28 heavy (non-hydrogen) atoms. The first-order valence-corrected chi connectivity index (χ1v) is 9.11. The molecule has 1 aromatic heterocycles. The molecule has 1 atom stereocenters. The number of imidazole rings is 1. The number of benzene rings is 1. The number of aliphatic hydroxyl groups is 1. The summed E-state index contributed by atoms with van der Waals surface area (Å²) in [4.78, 5) is 29.1. The molecule has 9 heteroatoms. The van der Waals surface area contributed by atoms with Crippen molar-refractivity contribution in [2.75, 3.05) is 25.1 Å². The van der Waals surface area contributed by atoms with Gasteiger partial charge in [0.2, 0.25) is 0 Å². The molecule has 1 N–H and O–H groups in total. The average Bonchev–Trinajstić information content (AvgIpc) is 3.11. The molecule has 1 saturated heterocycles. The molecule has 0 amide bonds.